The monoisotopic (exact) mass is 988 g/mol. The van der Waals surface area contributed by atoms with Gasteiger partial charge in [0, 0.05) is 54.3 Å². The minimum atomic E-state index is 0.761. The second-order valence-electron chi connectivity index (χ2n) is 18.3. The average Bonchev–Trinajstić information content (AvgIpc) is 4.30. The average molecular weight is 989 g/mol. The van der Waals surface area contributed by atoms with Crippen LogP contribution in [0.2, 0.25) is 0 Å². The van der Waals surface area contributed by atoms with E-state index in [9.17, 15) is 0 Å². The molecular formula is C64H44N8S2. The van der Waals surface area contributed by atoms with Crippen molar-refractivity contribution in [2.24, 2.45) is 20.0 Å². The van der Waals surface area contributed by atoms with Crippen molar-refractivity contribution in [2.45, 2.75) is 9.79 Å². The summed E-state index contributed by atoms with van der Waals surface area (Å²) in [6, 6.07) is 55.1. The number of aliphatic imine (C=N–C) groups is 4. The number of H-pyrrole nitrogens is 4. The third kappa shape index (κ3) is 8.01. The maximum Gasteiger partial charge on any atom is 0.0873 e. The topological polar surface area (TPSA) is 113 Å². The Balaban J connectivity index is 0.840. The molecule has 0 atom stereocenters. The van der Waals surface area contributed by atoms with Crippen LogP contribution < -0.4 is 42.8 Å². The molecule has 0 radical (unpaired) electrons. The number of rotatable bonds is 10. The third-order valence-electron chi connectivity index (χ3n) is 13.7. The molecule has 0 spiro atoms. The molecule has 0 unspecified atom stereocenters. The van der Waals surface area contributed by atoms with Gasteiger partial charge in [-0.15, -0.1) is 23.5 Å². The van der Waals surface area contributed by atoms with Crippen LogP contribution >= 0.6 is 23.5 Å². The highest BCUT2D eigenvalue weighted by Gasteiger charge is 2.22. The van der Waals surface area contributed by atoms with E-state index in [-0.39, 0.29) is 0 Å². The predicted molar refractivity (Wildman–Crippen MR) is 306 cm³/mol. The molecule has 0 saturated heterocycles. The molecule has 0 aliphatic carbocycles. The molecular weight excluding hydrogens is 945 g/mol. The minimum absolute atomic E-state index is 0.761. The zero-order valence-corrected chi connectivity index (χ0v) is 41.4. The van der Waals surface area contributed by atoms with Gasteiger partial charge in [-0.25, -0.2) is 20.0 Å². The molecule has 16 bridgehead atoms. The lowest BCUT2D eigenvalue weighted by Gasteiger charge is -2.08. The molecule has 0 amide bonds. The van der Waals surface area contributed by atoms with Crippen LogP contribution in [0.1, 0.15) is 22.3 Å². The first-order valence-corrected chi connectivity index (χ1v) is 26.7. The van der Waals surface area contributed by atoms with Gasteiger partial charge < -0.3 is 19.9 Å². The predicted octanol–water partition coefficient (Wildman–Crippen LogP) is 7.14. The number of allylic oxidation sites excluding steroid dienone is 4. The van der Waals surface area contributed by atoms with Crippen molar-refractivity contribution < 1.29 is 0 Å². The maximum absolute atomic E-state index is 5.30. The van der Waals surface area contributed by atoms with Crippen molar-refractivity contribution in [1.29, 1.82) is 0 Å². The zero-order valence-electron chi connectivity index (χ0n) is 39.8. The lowest BCUT2D eigenvalue weighted by atomic mass is 10.0. The molecule has 10 heteroatoms. The largest absolute Gasteiger partial charge is 0.353 e. The number of fused-ring (bicyclic) bond motifs is 12. The van der Waals surface area contributed by atoms with Gasteiger partial charge in [0.25, 0.3) is 0 Å². The molecule has 74 heavy (non-hydrogen) atoms. The summed E-state index contributed by atoms with van der Waals surface area (Å²) in [6.45, 7) is 0. The molecule has 10 heterocycles. The Labute approximate surface area is 433 Å². The van der Waals surface area contributed by atoms with Crippen molar-refractivity contribution in [3.05, 3.63) is 284 Å². The first-order valence-electron chi connectivity index (χ1n) is 24.7. The van der Waals surface area contributed by atoms with Crippen molar-refractivity contribution in [3.8, 4) is 0 Å². The molecule has 6 aliphatic heterocycles. The van der Waals surface area contributed by atoms with E-state index in [4.69, 9.17) is 20.0 Å². The van der Waals surface area contributed by atoms with Gasteiger partial charge in [0.2, 0.25) is 0 Å². The van der Waals surface area contributed by atoms with Gasteiger partial charge in [0.15, 0.2) is 0 Å². The Hall–Kier alpha value is -8.96. The maximum atomic E-state index is 5.30. The van der Waals surface area contributed by atoms with Crippen LogP contribution in [0, 0.1) is 0 Å². The van der Waals surface area contributed by atoms with Gasteiger partial charge in [0.1, 0.15) is 0 Å². The summed E-state index contributed by atoms with van der Waals surface area (Å²) in [7, 11) is 0. The summed E-state index contributed by atoms with van der Waals surface area (Å²) in [5, 5.41) is 7.86. The number of aromatic nitrogens is 4. The van der Waals surface area contributed by atoms with E-state index in [2.05, 4.69) is 226 Å². The number of hydrogen-bond donors (Lipinski definition) is 4. The smallest absolute Gasteiger partial charge is 0.0873 e. The highest BCUT2D eigenvalue weighted by Crippen LogP contribution is 2.27. The highest BCUT2D eigenvalue weighted by molar-refractivity contribution is 7.99. The van der Waals surface area contributed by atoms with Gasteiger partial charge in [-0.2, -0.15) is 0 Å². The van der Waals surface area contributed by atoms with E-state index >= 15 is 0 Å². The molecule has 352 valence electrons. The zero-order chi connectivity index (χ0) is 49.0. The van der Waals surface area contributed by atoms with Crippen molar-refractivity contribution in [3.63, 3.8) is 0 Å². The normalized spacial score (nSPS) is 16.2. The van der Waals surface area contributed by atoms with Crippen molar-refractivity contribution in [1.82, 2.24) is 19.9 Å². The van der Waals surface area contributed by atoms with E-state index in [0.717, 1.165) is 154 Å². The van der Waals surface area contributed by atoms with Crippen LogP contribution in [0.3, 0.4) is 0 Å². The Morgan fingerprint density at radius 2 is 0.622 bits per heavy atom. The molecule has 4 aromatic carbocycles. The molecule has 14 rings (SSSR count). The number of hydrogen-bond acceptors (Lipinski definition) is 6. The summed E-state index contributed by atoms with van der Waals surface area (Å²) in [5.41, 5.74) is 15.7. The molecule has 4 aromatic heterocycles. The number of nitrogens with one attached hydrogen (secondary N) is 4. The first kappa shape index (κ1) is 43.8. The van der Waals surface area contributed by atoms with Crippen LogP contribution in [0.25, 0.3) is 45.1 Å². The van der Waals surface area contributed by atoms with E-state index in [1.165, 1.54) is 0 Å². The van der Waals surface area contributed by atoms with Gasteiger partial charge in [-0.3, -0.25) is 0 Å². The number of benzene rings is 4. The van der Waals surface area contributed by atoms with Crippen molar-refractivity contribution in [2.75, 3.05) is 11.5 Å². The fourth-order valence-corrected chi connectivity index (χ4v) is 12.1. The summed E-state index contributed by atoms with van der Waals surface area (Å²) in [6.07, 6.45) is 21.6. The second kappa shape index (κ2) is 18.6. The molecule has 4 N–H and O–H groups in total. The Morgan fingerprint density at radius 3 is 0.986 bits per heavy atom. The van der Waals surface area contributed by atoms with Gasteiger partial charge in [0.05, 0.1) is 77.7 Å². The van der Waals surface area contributed by atoms with E-state index in [1.807, 2.05) is 35.7 Å². The van der Waals surface area contributed by atoms with Crippen LogP contribution in [0.4, 0.5) is 0 Å². The molecule has 0 saturated carbocycles. The van der Waals surface area contributed by atoms with Crippen molar-refractivity contribution >= 4 is 91.5 Å². The number of nitrogens with zero attached hydrogens (tertiary/aromatic N) is 4. The number of thioether (sulfide) groups is 2. The van der Waals surface area contributed by atoms with Crippen LogP contribution in [-0.4, -0.2) is 54.3 Å². The molecule has 6 aliphatic rings. The highest BCUT2D eigenvalue weighted by atomic mass is 32.2. The van der Waals surface area contributed by atoms with E-state index in [1.54, 1.807) is 0 Å². The molecule has 8 nitrogen and oxygen atoms in total. The summed E-state index contributed by atoms with van der Waals surface area (Å²) in [4.78, 5) is 38.6. The Bertz CT molecular complexity index is 4200. The molecule has 8 aromatic rings. The summed E-state index contributed by atoms with van der Waals surface area (Å²) >= 11 is 3.62. The number of aromatic amines is 4. The minimum Gasteiger partial charge on any atom is -0.353 e. The summed E-state index contributed by atoms with van der Waals surface area (Å²) in [5.74, 6) is 1.52. The van der Waals surface area contributed by atoms with Gasteiger partial charge in [-0.05, 0) is 107 Å². The lowest BCUT2D eigenvalue weighted by molar-refractivity contribution is 1.21. The SMILES string of the molecule is C1=CC2=c3cc(SC/C=C/CSc4cc5[nH]c4=C(c4ccccc4)C4=NC(=c6ccc([nH]6)=C(c6ccccc6)C6=NC=5C=C6)C=C4)c([nH]3)=C(c3ccccc3)C3=NC(=c4ccc([nH]4)=C(c4ccccc4)C1=N2)C=C3. The van der Waals surface area contributed by atoms with E-state index < -0.39 is 0 Å². The lowest BCUT2D eigenvalue weighted by Crippen LogP contribution is -2.20. The first-order chi connectivity index (χ1) is 36.6. The third-order valence-corrected chi connectivity index (χ3v) is 15.7. The van der Waals surface area contributed by atoms with Crippen LogP contribution in [0.5, 0.6) is 0 Å². The standard InChI is InChI=1S/C64H44N8S2/c1-5-15-39(16-6-1)59-49-29-23-43(65-49)45-25-33-53(67-45)61(41-19-9-3-10-20-41)63-57(37-55(71-63)47-27-31-51(59)69-47)73-35-13-14-36-74-58-38-56-48-28-32-52(70-48)60(40-17-7-2-8-18-40)50-30-24-44(66-50)46-26-34-54(68-46)62(64(58)72-56)42-21-11-4-12-22-42/h1-34,37-38,65-66,71-72H,35-36H2/b14-13+,45-43?,46-44?,55-47?,56-48?,59-49?,59-51?,60-50?,60-52?,61-53?,62-54?,63-61?,64-62?. The van der Waals surface area contributed by atoms with E-state index in [0.29, 0.717) is 0 Å². The molecule has 0 fully saturated rings. The summed E-state index contributed by atoms with van der Waals surface area (Å²) < 4.78 is 0. The fraction of sp³-hybridized carbons (Fsp3) is 0.0312. The van der Waals surface area contributed by atoms with Crippen LogP contribution in [-0.2, 0) is 0 Å². The quantitative estimate of drug-likeness (QED) is 0.0864. The second-order valence-corrected chi connectivity index (χ2v) is 20.5. The Morgan fingerprint density at radius 1 is 0.311 bits per heavy atom. The van der Waals surface area contributed by atoms with Gasteiger partial charge in [-0.1, -0.05) is 133 Å². The Kier molecular flexibility index (Phi) is 11.0. The fourth-order valence-electron chi connectivity index (χ4n) is 10.3. The van der Waals surface area contributed by atoms with Crippen LogP contribution in [0.15, 0.2) is 248 Å². The van der Waals surface area contributed by atoms with Gasteiger partial charge >= 0.3 is 0 Å².